The van der Waals surface area contributed by atoms with Crippen LogP contribution in [0.15, 0.2) is 0 Å². The SMILES string of the molecule is CCC1OC(C2C(OC)OC(CC)C(O)C2O)C(O)C(O)C1O. The van der Waals surface area contributed by atoms with Crippen LogP contribution in [0.1, 0.15) is 26.7 Å². The van der Waals surface area contributed by atoms with Crippen molar-refractivity contribution in [3.8, 4) is 0 Å². The van der Waals surface area contributed by atoms with Crippen LogP contribution < -0.4 is 0 Å². The zero-order chi connectivity index (χ0) is 17.3. The first-order valence-electron chi connectivity index (χ1n) is 8.11. The quantitative estimate of drug-likeness (QED) is 0.414. The highest BCUT2D eigenvalue weighted by molar-refractivity contribution is 5.00. The van der Waals surface area contributed by atoms with E-state index in [4.69, 9.17) is 14.2 Å². The van der Waals surface area contributed by atoms with E-state index >= 15 is 0 Å². The first-order chi connectivity index (χ1) is 10.9. The molecule has 0 bridgehead atoms. The van der Waals surface area contributed by atoms with Gasteiger partial charge < -0.3 is 39.7 Å². The van der Waals surface area contributed by atoms with Crippen LogP contribution in [0, 0.1) is 5.92 Å². The van der Waals surface area contributed by atoms with E-state index in [0.29, 0.717) is 12.8 Å². The maximum Gasteiger partial charge on any atom is 0.165 e. The summed E-state index contributed by atoms with van der Waals surface area (Å²) in [6.07, 6.45) is -8.79. The molecule has 10 unspecified atom stereocenters. The Morgan fingerprint density at radius 1 is 0.739 bits per heavy atom. The van der Waals surface area contributed by atoms with Crippen molar-refractivity contribution < 1.29 is 39.7 Å². The van der Waals surface area contributed by atoms with Crippen molar-refractivity contribution in [2.24, 2.45) is 5.92 Å². The number of rotatable bonds is 4. The monoisotopic (exact) mass is 336 g/mol. The van der Waals surface area contributed by atoms with Crippen molar-refractivity contribution in [1.82, 2.24) is 0 Å². The van der Waals surface area contributed by atoms with Crippen LogP contribution in [0.2, 0.25) is 0 Å². The molecule has 8 nitrogen and oxygen atoms in total. The molecule has 2 fully saturated rings. The summed E-state index contributed by atoms with van der Waals surface area (Å²) in [5.41, 5.74) is 0. The van der Waals surface area contributed by atoms with Gasteiger partial charge in [0.1, 0.15) is 24.4 Å². The van der Waals surface area contributed by atoms with Gasteiger partial charge in [0.25, 0.3) is 0 Å². The van der Waals surface area contributed by atoms with Crippen LogP contribution in [0.25, 0.3) is 0 Å². The fourth-order valence-electron chi connectivity index (χ4n) is 3.49. The third-order valence-electron chi connectivity index (χ3n) is 4.91. The molecule has 2 heterocycles. The second kappa shape index (κ2) is 7.71. The van der Waals surface area contributed by atoms with Gasteiger partial charge >= 0.3 is 0 Å². The van der Waals surface area contributed by atoms with Gasteiger partial charge in [-0.3, -0.25) is 0 Å². The Morgan fingerprint density at radius 3 is 1.78 bits per heavy atom. The summed E-state index contributed by atoms with van der Waals surface area (Å²) in [5.74, 6) is -0.899. The van der Waals surface area contributed by atoms with Crippen molar-refractivity contribution in [3.05, 3.63) is 0 Å². The van der Waals surface area contributed by atoms with Gasteiger partial charge in [-0.1, -0.05) is 13.8 Å². The lowest BCUT2D eigenvalue weighted by atomic mass is 9.80. The van der Waals surface area contributed by atoms with Crippen molar-refractivity contribution in [3.63, 3.8) is 0 Å². The Balaban J connectivity index is 2.26. The van der Waals surface area contributed by atoms with E-state index in [1.54, 1.807) is 6.92 Å². The van der Waals surface area contributed by atoms with Gasteiger partial charge in [0.05, 0.1) is 30.3 Å². The smallest absolute Gasteiger partial charge is 0.165 e. The van der Waals surface area contributed by atoms with Gasteiger partial charge in [-0.05, 0) is 12.8 Å². The first-order valence-corrected chi connectivity index (χ1v) is 8.11. The molecule has 0 aromatic carbocycles. The van der Waals surface area contributed by atoms with Crippen molar-refractivity contribution >= 4 is 0 Å². The highest BCUT2D eigenvalue weighted by atomic mass is 16.7. The van der Waals surface area contributed by atoms with E-state index in [0.717, 1.165) is 0 Å². The van der Waals surface area contributed by atoms with Crippen molar-refractivity contribution in [2.45, 2.75) is 81.8 Å². The molecule has 0 saturated carbocycles. The molecule has 136 valence electrons. The summed E-state index contributed by atoms with van der Waals surface area (Å²) in [6.45, 7) is 3.59. The van der Waals surface area contributed by atoms with E-state index < -0.39 is 61.0 Å². The molecule has 0 aromatic heterocycles. The molecular weight excluding hydrogens is 308 g/mol. The van der Waals surface area contributed by atoms with Crippen LogP contribution in [0.5, 0.6) is 0 Å². The van der Waals surface area contributed by atoms with E-state index in [1.807, 2.05) is 6.92 Å². The van der Waals surface area contributed by atoms with Gasteiger partial charge in [0, 0.05) is 7.11 Å². The Kier molecular flexibility index (Phi) is 6.37. The second-order valence-electron chi connectivity index (χ2n) is 6.26. The second-order valence-corrected chi connectivity index (χ2v) is 6.26. The average Bonchev–Trinajstić information content (AvgIpc) is 2.56. The zero-order valence-corrected chi connectivity index (χ0v) is 13.6. The predicted octanol–water partition coefficient (Wildman–Crippen LogP) is -1.63. The number of methoxy groups -OCH3 is 1. The Bertz CT molecular complexity index is 376. The molecule has 10 atom stereocenters. The summed E-state index contributed by atoms with van der Waals surface area (Å²) in [7, 11) is 1.40. The molecule has 0 spiro atoms. The molecule has 5 N–H and O–H groups in total. The fourth-order valence-corrected chi connectivity index (χ4v) is 3.49. The summed E-state index contributed by atoms with van der Waals surface area (Å²) < 4.78 is 16.6. The molecule has 8 heteroatoms. The van der Waals surface area contributed by atoms with Crippen LogP contribution in [0.4, 0.5) is 0 Å². The minimum Gasteiger partial charge on any atom is -0.390 e. The van der Waals surface area contributed by atoms with Gasteiger partial charge in [-0.25, -0.2) is 0 Å². The molecule has 2 saturated heterocycles. The van der Waals surface area contributed by atoms with Crippen molar-refractivity contribution in [1.29, 1.82) is 0 Å². The van der Waals surface area contributed by atoms with E-state index in [9.17, 15) is 25.5 Å². The van der Waals surface area contributed by atoms with Gasteiger partial charge in [-0.15, -0.1) is 0 Å². The van der Waals surface area contributed by atoms with Crippen LogP contribution >= 0.6 is 0 Å². The third-order valence-corrected chi connectivity index (χ3v) is 4.91. The third kappa shape index (κ3) is 3.40. The molecular formula is C15H28O8. The first kappa shape index (κ1) is 19.0. The van der Waals surface area contributed by atoms with Gasteiger partial charge in [0.2, 0.25) is 0 Å². The van der Waals surface area contributed by atoms with Crippen LogP contribution in [0.3, 0.4) is 0 Å². The Hall–Kier alpha value is -0.320. The Labute approximate surface area is 135 Å². The van der Waals surface area contributed by atoms with E-state index in [2.05, 4.69) is 0 Å². The zero-order valence-electron chi connectivity index (χ0n) is 13.6. The minimum atomic E-state index is -1.43. The van der Waals surface area contributed by atoms with Gasteiger partial charge in [0.15, 0.2) is 6.29 Å². The molecule has 0 amide bonds. The van der Waals surface area contributed by atoms with E-state index in [-0.39, 0.29) is 0 Å². The molecule has 2 rings (SSSR count). The fraction of sp³-hybridized carbons (Fsp3) is 1.00. The molecule has 0 aromatic rings. The Morgan fingerprint density at radius 2 is 1.26 bits per heavy atom. The maximum atomic E-state index is 10.5. The highest BCUT2D eigenvalue weighted by Crippen LogP contribution is 2.37. The summed E-state index contributed by atoms with van der Waals surface area (Å²) in [4.78, 5) is 0. The molecule has 2 aliphatic rings. The lowest BCUT2D eigenvalue weighted by Crippen LogP contribution is -2.66. The molecule has 23 heavy (non-hydrogen) atoms. The molecule has 2 aliphatic heterocycles. The maximum absolute atomic E-state index is 10.5. The normalized spacial score (nSPS) is 51.7. The topological polar surface area (TPSA) is 129 Å². The molecule has 0 radical (unpaired) electrons. The van der Waals surface area contributed by atoms with Crippen LogP contribution in [-0.4, -0.2) is 87.8 Å². The predicted molar refractivity (Wildman–Crippen MR) is 78.4 cm³/mol. The minimum absolute atomic E-state index is 0.420. The summed E-state index contributed by atoms with van der Waals surface area (Å²) in [5, 5.41) is 50.9. The number of aliphatic hydroxyl groups excluding tert-OH is 5. The van der Waals surface area contributed by atoms with Gasteiger partial charge in [-0.2, -0.15) is 0 Å². The summed E-state index contributed by atoms with van der Waals surface area (Å²) in [6, 6.07) is 0. The standard InChI is InChI=1S/C15H28O8/c1-4-6-10(17)12(19)13(20)14(22-6)8-11(18)9(16)7(5-2)23-15(8)21-3/h6-20H,4-5H2,1-3H3. The lowest BCUT2D eigenvalue weighted by Gasteiger charge is -2.49. The number of hydrogen-bond acceptors (Lipinski definition) is 8. The largest absolute Gasteiger partial charge is 0.390 e. The summed E-state index contributed by atoms with van der Waals surface area (Å²) >= 11 is 0. The highest BCUT2D eigenvalue weighted by Gasteiger charge is 2.54. The van der Waals surface area contributed by atoms with E-state index in [1.165, 1.54) is 7.11 Å². The number of aliphatic hydroxyl groups is 5. The number of hydrogen-bond donors (Lipinski definition) is 5. The van der Waals surface area contributed by atoms with Crippen molar-refractivity contribution in [2.75, 3.05) is 7.11 Å². The lowest BCUT2D eigenvalue weighted by molar-refractivity contribution is -0.321. The molecule has 0 aliphatic carbocycles. The number of ether oxygens (including phenoxy) is 3. The average molecular weight is 336 g/mol. The van der Waals surface area contributed by atoms with Crippen LogP contribution in [-0.2, 0) is 14.2 Å².